The summed E-state index contributed by atoms with van der Waals surface area (Å²) in [4.78, 5) is 12.5. The molecule has 0 aromatic carbocycles. The van der Waals surface area contributed by atoms with Gasteiger partial charge < -0.3 is 15.5 Å². The van der Waals surface area contributed by atoms with E-state index in [0.29, 0.717) is 12.8 Å². The molecule has 2 unspecified atom stereocenters. The second-order valence-corrected chi connectivity index (χ2v) is 21.1. The topological polar surface area (TPSA) is 69.6 Å². The van der Waals surface area contributed by atoms with Gasteiger partial charge in [-0.05, 0) is 12.8 Å². The number of aliphatic hydroxyl groups excluding tert-OH is 2. The van der Waals surface area contributed by atoms with Gasteiger partial charge in [-0.2, -0.15) is 0 Å². The smallest absolute Gasteiger partial charge is 0.220 e. The molecular formula is C60H121NO3. The summed E-state index contributed by atoms with van der Waals surface area (Å²) >= 11 is 0. The Hall–Kier alpha value is -0.610. The first-order valence-electron chi connectivity index (χ1n) is 30.2. The molecule has 0 fully saturated rings. The normalized spacial score (nSPS) is 12.6. The largest absolute Gasteiger partial charge is 0.394 e. The lowest BCUT2D eigenvalue weighted by molar-refractivity contribution is -0.123. The first-order valence-corrected chi connectivity index (χ1v) is 30.2. The van der Waals surface area contributed by atoms with Crippen LogP contribution in [0.4, 0.5) is 0 Å². The second kappa shape index (κ2) is 56.7. The Morgan fingerprint density at radius 1 is 0.312 bits per heavy atom. The van der Waals surface area contributed by atoms with Crippen LogP contribution >= 0.6 is 0 Å². The zero-order chi connectivity index (χ0) is 46.3. The molecule has 1 amide bonds. The molecule has 0 heterocycles. The maximum absolute atomic E-state index is 12.5. The fourth-order valence-electron chi connectivity index (χ4n) is 10.0. The van der Waals surface area contributed by atoms with Gasteiger partial charge in [0.25, 0.3) is 0 Å². The summed E-state index contributed by atoms with van der Waals surface area (Å²) < 4.78 is 0. The molecule has 0 aliphatic rings. The molecule has 0 aliphatic carbocycles. The van der Waals surface area contributed by atoms with E-state index in [4.69, 9.17) is 0 Å². The average molecular weight is 905 g/mol. The maximum atomic E-state index is 12.5. The predicted octanol–water partition coefficient (Wildman–Crippen LogP) is 19.9. The third-order valence-electron chi connectivity index (χ3n) is 14.6. The summed E-state index contributed by atoms with van der Waals surface area (Å²) in [5.41, 5.74) is 0. The van der Waals surface area contributed by atoms with Crippen LogP contribution in [0.2, 0.25) is 0 Å². The third kappa shape index (κ3) is 52.4. The fourth-order valence-corrected chi connectivity index (χ4v) is 10.0. The summed E-state index contributed by atoms with van der Waals surface area (Å²) in [6, 6.07) is -0.531. The van der Waals surface area contributed by atoms with Gasteiger partial charge >= 0.3 is 0 Å². The minimum Gasteiger partial charge on any atom is -0.394 e. The van der Waals surface area contributed by atoms with Crippen molar-refractivity contribution in [3.63, 3.8) is 0 Å². The number of unbranched alkanes of at least 4 members (excludes halogenated alkanes) is 50. The Kier molecular flexibility index (Phi) is 56.2. The standard InChI is InChI=1S/C60H121NO3/c1-3-5-7-9-11-13-15-17-19-21-22-23-24-25-26-27-28-29-30-31-32-33-34-35-36-37-38-40-42-44-46-48-50-52-54-56-60(64)61-58(57-62)59(63)55-53-51-49-47-45-43-41-39-20-18-16-14-12-10-8-6-4-2/h58-59,62-63H,3-57H2,1-2H3,(H,61,64). The first-order chi connectivity index (χ1) is 31.7. The van der Waals surface area contributed by atoms with Gasteiger partial charge in [0.2, 0.25) is 5.91 Å². The van der Waals surface area contributed by atoms with Crippen molar-refractivity contribution in [1.82, 2.24) is 5.32 Å². The van der Waals surface area contributed by atoms with Gasteiger partial charge in [-0.15, -0.1) is 0 Å². The number of carbonyl (C=O) groups excluding carboxylic acids is 1. The number of rotatable bonds is 57. The lowest BCUT2D eigenvalue weighted by Crippen LogP contribution is -2.45. The van der Waals surface area contributed by atoms with Gasteiger partial charge in [-0.3, -0.25) is 4.79 Å². The van der Waals surface area contributed by atoms with Crippen molar-refractivity contribution < 1.29 is 15.0 Å². The minimum absolute atomic E-state index is 0.0217. The average Bonchev–Trinajstić information content (AvgIpc) is 3.30. The van der Waals surface area contributed by atoms with E-state index in [1.165, 1.54) is 308 Å². The highest BCUT2D eigenvalue weighted by atomic mass is 16.3. The van der Waals surface area contributed by atoms with Crippen LogP contribution in [0.1, 0.15) is 361 Å². The molecule has 0 rings (SSSR count). The van der Waals surface area contributed by atoms with Gasteiger partial charge in [0.1, 0.15) is 0 Å². The van der Waals surface area contributed by atoms with Crippen LogP contribution in [0.25, 0.3) is 0 Å². The molecular weight excluding hydrogens is 783 g/mol. The summed E-state index contributed by atoms with van der Waals surface area (Å²) in [5, 5.41) is 23.3. The van der Waals surface area contributed by atoms with E-state index in [2.05, 4.69) is 19.2 Å². The first kappa shape index (κ1) is 63.4. The van der Waals surface area contributed by atoms with Crippen LogP contribution in [-0.2, 0) is 4.79 Å². The predicted molar refractivity (Wildman–Crippen MR) is 286 cm³/mol. The molecule has 0 radical (unpaired) electrons. The van der Waals surface area contributed by atoms with Crippen LogP contribution in [0.3, 0.4) is 0 Å². The van der Waals surface area contributed by atoms with Crippen molar-refractivity contribution >= 4 is 5.91 Å². The van der Waals surface area contributed by atoms with E-state index in [1.807, 2.05) is 0 Å². The van der Waals surface area contributed by atoms with Crippen molar-refractivity contribution in [1.29, 1.82) is 0 Å². The number of hydrogen-bond donors (Lipinski definition) is 3. The van der Waals surface area contributed by atoms with E-state index < -0.39 is 12.1 Å². The number of amides is 1. The molecule has 384 valence electrons. The minimum atomic E-state index is -0.654. The second-order valence-electron chi connectivity index (χ2n) is 21.1. The van der Waals surface area contributed by atoms with E-state index in [-0.39, 0.29) is 12.5 Å². The Labute approximate surface area is 404 Å². The number of aliphatic hydroxyl groups is 2. The number of nitrogens with one attached hydrogen (secondary N) is 1. The molecule has 4 nitrogen and oxygen atoms in total. The lowest BCUT2D eigenvalue weighted by Gasteiger charge is -2.22. The molecule has 0 aromatic heterocycles. The molecule has 0 aliphatic heterocycles. The quantitative estimate of drug-likeness (QED) is 0.0533. The summed E-state index contributed by atoms with van der Waals surface area (Å²) in [6.45, 7) is 4.41. The Bertz CT molecular complexity index is 849. The molecule has 4 heteroatoms. The molecule has 0 saturated heterocycles. The summed E-state index contributed by atoms with van der Waals surface area (Å²) in [5.74, 6) is -0.0217. The van der Waals surface area contributed by atoms with Crippen molar-refractivity contribution in [2.24, 2.45) is 0 Å². The molecule has 0 aromatic rings. The SMILES string of the molecule is CCCCCCCCCCCCCCCCCCCCCCCCCCCCCCCCCCCCCC(=O)NC(CO)C(O)CCCCCCCCCCCCCCCCCCC. The highest BCUT2D eigenvalue weighted by Gasteiger charge is 2.20. The highest BCUT2D eigenvalue weighted by molar-refractivity contribution is 5.76. The third-order valence-corrected chi connectivity index (χ3v) is 14.6. The van der Waals surface area contributed by atoms with Crippen LogP contribution < -0.4 is 5.32 Å². The van der Waals surface area contributed by atoms with E-state index >= 15 is 0 Å². The van der Waals surface area contributed by atoms with Crippen LogP contribution in [0.15, 0.2) is 0 Å². The molecule has 0 saturated carbocycles. The number of carbonyl (C=O) groups is 1. The molecule has 3 N–H and O–H groups in total. The van der Waals surface area contributed by atoms with Crippen LogP contribution in [-0.4, -0.2) is 34.9 Å². The maximum Gasteiger partial charge on any atom is 0.220 e. The lowest BCUT2D eigenvalue weighted by atomic mass is 10.0. The highest BCUT2D eigenvalue weighted by Crippen LogP contribution is 2.19. The Balaban J connectivity index is 3.34. The Morgan fingerprint density at radius 3 is 0.703 bits per heavy atom. The van der Waals surface area contributed by atoms with E-state index in [0.717, 1.165) is 25.7 Å². The van der Waals surface area contributed by atoms with Crippen LogP contribution in [0.5, 0.6) is 0 Å². The molecule has 0 bridgehead atoms. The van der Waals surface area contributed by atoms with Gasteiger partial charge in [-0.25, -0.2) is 0 Å². The van der Waals surface area contributed by atoms with Gasteiger partial charge in [0, 0.05) is 6.42 Å². The fraction of sp³-hybridized carbons (Fsp3) is 0.983. The molecule has 0 spiro atoms. The summed E-state index contributed by atoms with van der Waals surface area (Å²) in [6.07, 6.45) is 72.7. The van der Waals surface area contributed by atoms with Gasteiger partial charge in [0.05, 0.1) is 18.8 Å². The van der Waals surface area contributed by atoms with Crippen molar-refractivity contribution in [3.8, 4) is 0 Å². The number of hydrogen-bond acceptors (Lipinski definition) is 3. The van der Waals surface area contributed by atoms with E-state index in [1.54, 1.807) is 0 Å². The van der Waals surface area contributed by atoms with Crippen molar-refractivity contribution in [2.75, 3.05) is 6.61 Å². The zero-order valence-corrected chi connectivity index (χ0v) is 44.3. The van der Waals surface area contributed by atoms with Gasteiger partial charge in [-0.1, -0.05) is 341 Å². The molecule has 2 atom stereocenters. The van der Waals surface area contributed by atoms with Crippen molar-refractivity contribution in [2.45, 2.75) is 373 Å². The van der Waals surface area contributed by atoms with Gasteiger partial charge in [0.15, 0.2) is 0 Å². The van der Waals surface area contributed by atoms with Crippen LogP contribution in [0, 0.1) is 0 Å². The molecule has 64 heavy (non-hydrogen) atoms. The monoisotopic (exact) mass is 904 g/mol. The van der Waals surface area contributed by atoms with Crippen molar-refractivity contribution in [3.05, 3.63) is 0 Å². The zero-order valence-electron chi connectivity index (χ0n) is 44.3. The van der Waals surface area contributed by atoms with E-state index in [9.17, 15) is 15.0 Å². The summed E-state index contributed by atoms with van der Waals surface area (Å²) in [7, 11) is 0. The Morgan fingerprint density at radius 2 is 0.500 bits per heavy atom.